The molecular weight excluding hydrogens is 678 g/mol. The third kappa shape index (κ3) is 6.23. The SMILES string of the molecule is O=S(=O)([O-])OCCC(F)(F)C(F)(F)C(F)(F)C(F)(F)C(F)(F)C(F)(F)C(F)(F)C(F)(F)C(F)(F)C(F)(F)F.[K+]. The van der Waals surface area contributed by atoms with Crippen molar-refractivity contribution in [3.8, 4) is 0 Å². The van der Waals surface area contributed by atoms with E-state index in [-0.39, 0.29) is 51.4 Å². The Balaban J connectivity index is 0. The van der Waals surface area contributed by atoms with Crippen LogP contribution in [0.25, 0.3) is 0 Å². The first kappa shape index (κ1) is 41.2. The van der Waals surface area contributed by atoms with Crippen LogP contribution in [-0.2, 0) is 14.6 Å². The molecule has 0 unspecified atom stereocenters. The molecule has 0 spiro atoms. The summed E-state index contributed by atoms with van der Waals surface area (Å²) in [5.41, 5.74) is 0. The Kier molecular flexibility index (Phi) is 11.6. The van der Waals surface area contributed by atoms with Gasteiger partial charge in [-0.2, -0.15) is 92.2 Å². The molecule has 0 amide bonds. The standard InChI is InChI=1S/C12H5F21O4S.K/c13-3(14,1-2-37-38(34,35)36)4(15,16)5(17,18)6(19,20)7(21,22)8(23,24)9(25,26)10(27,28)11(29,30)12(31,32)33;/h1-2H2,(H,34,35,36);/q;+1/p-1. The van der Waals surface area contributed by atoms with Crippen molar-refractivity contribution >= 4 is 10.4 Å². The van der Waals surface area contributed by atoms with Gasteiger partial charge in [-0.05, 0) is 0 Å². The van der Waals surface area contributed by atoms with E-state index in [1.165, 1.54) is 0 Å². The normalized spacial score (nSPS) is 16.3. The molecule has 0 saturated heterocycles. The molecule has 0 atom stereocenters. The Morgan fingerprint density at radius 3 is 0.923 bits per heavy atom. The average molecular weight is 682 g/mol. The third-order valence-corrected chi connectivity index (χ3v) is 4.67. The first-order valence-electron chi connectivity index (χ1n) is 8.03. The van der Waals surface area contributed by atoms with E-state index in [1.807, 2.05) is 0 Å². The number of rotatable bonds is 12. The molecule has 0 aromatic carbocycles. The zero-order valence-electron chi connectivity index (χ0n) is 17.4. The fourth-order valence-electron chi connectivity index (χ4n) is 2.02. The van der Waals surface area contributed by atoms with Crippen LogP contribution in [0.5, 0.6) is 0 Å². The number of alkyl halides is 21. The molecule has 0 aliphatic heterocycles. The maximum atomic E-state index is 13.5. The van der Waals surface area contributed by atoms with E-state index >= 15 is 0 Å². The van der Waals surface area contributed by atoms with Gasteiger partial charge in [-0.25, -0.2) is 8.42 Å². The van der Waals surface area contributed by atoms with Gasteiger partial charge in [-0.15, -0.1) is 0 Å². The van der Waals surface area contributed by atoms with Gasteiger partial charge in [0, 0.05) is 6.42 Å². The smallest absolute Gasteiger partial charge is 0.726 e. The van der Waals surface area contributed by atoms with Gasteiger partial charge >= 0.3 is 111 Å². The molecule has 0 N–H and O–H groups in total. The first-order chi connectivity index (χ1) is 16.0. The molecule has 0 bridgehead atoms. The van der Waals surface area contributed by atoms with Crippen LogP contribution in [0.2, 0.25) is 0 Å². The third-order valence-electron chi connectivity index (χ3n) is 4.22. The summed E-state index contributed by atoms with van der Waals surface area (Å²) < 4.78 is 307. The second kappa shape index (κ2) is 10.9. The summed E-state index contributed by atoms with van der Waals surface area (Å²) in [4.78, 5) is 0. The van der Waals surface area contributed by atoms with Gasteiger partial charge in [0.05, 0.1) is 6.61 Å². The molecule has 4 nitrogen and oxygen atoms in total. The van der Waals surface area contributed by atoms with Crippen LogP contribution in [0.4, 0.5) is 92.2 Å². The van der Waals surface area contributed by atoms with Crippen molar-refractivity contribution < 1.29 is 161 Å². The molecular formula is C12H4F21KO4S. The predicted octanol–water partition coefficient (Wildman–Crippen LogP) is 3.14. The van der Waals surface area contributed by atoms with Crippen molar-refractivity contribution in [3.63, 3.8) is 0 Å². The fraction of sp³-hybridized carbons (Fsp3) is 1.00. The Morgan fingerprint density at radius 1 is 0.462 bits per heavy atom. The Morgan fingerprint density at radius 2 is 0.692 bits per heavy atom. The van der Waals surface area contributed by atoms with Crippen molar-refractivity contribution in [1.82, 2.24) is 0 Å². The van der Waals surface area contributed by atoms with Crippen LogP contribution in [0, 0.1) is 0 Å². The number of halogens is 21. The van der Waals surface area contributed by atoms with E-state index < -0.39 is 82.9 Å². The van der Waals surface area contributed by atoms with E-state index in [9.17, 15) is 105 Å². The van der Waals surface area contributed by atoms with Crippen LogP contribution >= 0.6 is 0 Å². The maximum absolute atomic E-state index is 13.5. The minimum absolute atomic E-state index is 0. The van der Waals surface area contributed by atoms with Crippen molar-refractivity contribution in [2.24, 2.45) is 0 Å². The molecule has 0 saturated carbocycles. The molecule has 230 valence electrons. The van der Waals surface area contributed by atoms with Gasteiger partial charge in [0.25, 0.3) is 0 Å². The van der Waals surface area contributed by atoms with E-state index in [4.69, 9.17) is 0 Å². The quantitative estimate of drug-likeness (QED) is 0.138. The summed E-state index contributed by atoms with van der Waals surface area (Å²) in [6.45, 7) is -2.65. The second-order valence-electron chi connectivity index (χ2n) is 6.78. The van der Waals surface area contributed by atoms with E-state index in [0.29, 0.717) is 0 Å². The molecule has 0 fully saturated rings. The zero-order chi connectivity index (χ0) is 31.6. The summed E-state index contributed by atoms with van der Waals surface area (Å²) in [7, 11) is -6.13. The van der Waals surface area contributed by atoms with Crippen molar-refractivity contribution in [3.05, 3.63) is 0 Å². The van der Waals surface area contributed by atoms with Gasteiger partial charge in [0.2, 0.25) is 10.4 Å². The summed E-state index contributed by atoms with van der Waals surface area (Å²) >= 11 is 0. The van der Waals surface area contributed by atoms with Gasteiger partial charge in [0.1, 0.15) is 0 Å². The molecule has 39 heavy (non-hydrogen) atoms. The minimum Gasteiger partial charge on any atom is -0.726 e. The average Bonchev–Trinajstić information content (AvgIpc) is 2.64. The summed E-state index contributed by atoms with van der Waals surface area (Å²) in [5, 5.41) is 0. The molecule has 0 aliphatic carbocycles. The summed E-state index contributed by atoms with van der Waals surface area (Å²) in [6, 6.07) is 0. The van der Waals surface area contributed by atoms with Gasteiger partial charge in [-0.3, -0.25) is 4.18 Å². The topological polar surface area (TPSA) is 66.4 Å². The predicted molar refractivity (Wildman–Crippen MR) is 70.8 cm³/mol. The van der Waals surface area contributed by atoms with Crippen LogP contribution in [0.1, 0.15) is 6.42 Å². The van der Waals surface area contributed by atoms with Crippen molar-refractivity contribution in [1.29, 1.82) is 0 Å². The van der Waals surface area contributed by atoms with Gasteiger partial charge in [0.15, 0.2) is 0 Å². The molecule has 27 heteroatoms. The van der Waals surface area contributed by atoms with Crippen molar-refractivity contribution in [2.75, 3.05) is 6.61 Å². The Hall–Kier alpha value is 0.0364. The maximum Gasteiger partial charge on any atom is 1.00 e. The summed E-state index contributed by atoms with van der Waals surface area (Å²) in [6.07, 6.45) is -11.4. The van der Waals surface area contributed by atoms with Crippen LogP contribution in [0.3, 0.4) is 0 Å². The largest absolute Gasteiger partial charge is 1.00 e. The monoisotopic (exact) mass is 682 g/mol. The van der Waals surface area contributed by atoms with Crippen LogP contribution in [-0.4, -0.2) is 79.1 Å². The van der Waals surface area contributed by atoms with Crippen LogP contribution in [0.15, 0.2) is 0 Å². The second-order valence-corrected chi connectivity index (χ2v) is 7.83. The molecule has 0 aromatic rings. The molecule has 0 radical (unpaired) electrons. The van der Waals surface area contributed by atoms with Crippen molar-refractivity contribution in [2.45, 2.75) is 65.9 Å². The van der Waals surface area contributed by atoms with E-state index in [1.54, 1.807) is 0 Å². The van der Waals surface area contributed by atoms with E-state index in [0.717, 1.165) is 0 Å². The van der Waals surface area contributed by atoms with Gasteiger partial charge < -0.3 is 4.55 Å². The number of hydrogen-bond donors (Lipinski definition) is 0. The van der Waals surface area contributed by atoms with Gasteiger partial charge in [-0.1, -0.05) is 0 Å². The van der Waals surface area contributed by atoms with Crippen LogP contribution < -0.4 is 51.4 Å². The Bertz CT molecular complexity index is 972. The minimum atomic E-state index is -9.28. The molecule has 0 heterocycles. The zero-order valence-corrected chi connectivity index (χ0v) is 21.3. The summed E-state index contributed by atoms with van der Waals surface area (Å²) in [5.74, 6) is -78.4. The Labute approximate surface area is 242 Å². The first-order valence-corrected chi connectivity index (χ1v) is 9.36. The van der Waals surface area contributed by atoms with E-state index in [2.05, 4.69) is 4.18 Å². The number of hydrogen-bond acceptors (Lipinski definition) is 4. The fourth-order valence-corrected chi connectivity index (χ4v) is 2.31. The molecule has 0 aromatic heterocycles. The molecule has 0 aliphatic rings. The molecule has 0 rings (SSSR count).